The lowest BCUT2D eigenvalue weighted by molar-refractivity contribution is 0.251. The Kier molecular flexibility index (Phi) is 5.89. The van der Waals surface area contributed by atoms with E-state index in [1.807, 2.05) is 38.1 Å². The zero-order valence-electron chi connectivity index (χ0n) is 13.2. The standard InChI is InChI=1S/C16H22N4OS/c1-4-9-22-15-8-6-5-7-14(15)18-16(21)17-10-13-11(2)19-20-12(13)3/h5-8H,4,9-10H2,1-3H3,(H,19,20)(H2,17,18,21). The number of hydrogen-bond acceptors (Lipinski definition) is 3. The van der Waals surface area contributed by atoms with Crippen molar-refractivity contribution < 1.29 is 4.79 Å². The van der Waals surface area contributed by atoms with Crippen molar-refractivity contribution in [2.75, 3.05) is 11.1 Å². The molecule has 0 spiro atoms. The number of hydrogen-bond donors (Lipinski definition) is 3. The highest BCUT2D eigenvalue weighted by Gasteiger charge is 2.09. The third-order valence-corrected chi connectivity index (χ3v) is 4.58. The van der Waals surface area contributed by atoms with Crippen molar-refractivity contribution in [1.29, 1.82) is 0 Å². The summed E-state index contributed by atoms with van der Waals surface area (Å²) in [5.41, 5.74) is 3.77. The number of benzene rings is 1. The van der Waals surface area contributed by atoms with Gasteiger partial charge in [-0.25, -0.2) is 4.79 Å². The summed E-state index contributed by atoms with van der Waals surface area (Å²) in [4.78, 5) is 13.2. The molecule has 0 atom stereocenters. The molecule has 0 saturated heterocycles. The molecule has 1 aromatic heterocycles. The van der Waals surface area contributed by atoms with Gasteiger partial charge < -0.3 is 10.6 Å². The minimum Gasteiger partial charge on any atom is -0.334 e. The van der Waals surface area contributed by atoms with Gasteiger partial charge in [-0.05, 0) is 38.2 Å². The van der Waals surface area contributed by atoms with E-state index >= 15 is 0 Å². The number of rotatable bonds is 6. The summed E-state index contributed by atoms with van der Waals surface area (Å²) in [5, 5.41) is 12.8. The Morgan fingerprint density at radius 2 is 2.09 bits per heavy atom. The fourth-order valence-electron chi connectivity index (χ4n) is 2.08. The van der Waals surface area contributed by atoms with Crippen LogP contribution in [0.3, 0.4) is 0 Å². The molecule has 0 aliphatic rings. The minimum absolute atomic E-state index is 0.204. The fraction of sp³-hybridized carbons (Fsp3) is 0.375. The van der Waals surface area contributed by atoms with Crippen LogP contribution >= 0.6 is 11.8 Å². The molecular formula is C16H22N4OS. The van der Waals surface area contributed by atoms with E-state index < -0.39 is 0 Å². The van der Waals surface area contributed by atoms with Gasteiger partial charge in [-0.1, -0.05) is 19.1 Å². The molecule has 1 heterocycles. The monoisotopic (exact) mass is 318 g/mol. The maximum Gasteiger partial charge on any atom is 0.319 e. The smallest absolute Gasteiger partial charge is 0.319 e. The molecule has 0 aliphatic carbocycles. The number of thioether (sulfide) groups is 1. The summed E-state index contributed by atoms with van der Waals surface area (Å²) in [7, 11) is 0. The zero-order chi connectivity index (χ0) is 15.9. The Bertz CT molecular complexity index is 619. The fourth-order valence-corrected chi connectivity index (χ4v) is 2.95. The molecule has 2 amide bonds. The molecule has 0 fully saturated rings. The molecule has 118 valence electrons. The molecular weight excluding hydrogens is 296 g/mol. The first-order valence-electron chi connectivity index (χ1n) is 7.39. The third kappa shape index (κ3) is 4.27. The van der Waals surface area contributed by atoms with Gasteiger partial charge in [0.15, 0.2) is 0 Å². The van der Waals surface area contributed by atoms with Gasteiger partial charge in [0.05, 0.1) is 11.4 Å². The largest absolute Gasteiger partial charge is 0.334 e. The Labute approximate surface area is 135 Å². The van der Waals surface area contributed by atoms with Crippen molar-refractivity contribution >= 4 is 23.5 Å². The lowest BCUT2D eigenvalue weighted by Gasteiger charge is -2.11. The van der Waals surface area contributed by atoms with E-state index in [1.165, 1.54) is 0 Å². The number of aromatic nitrogens is 2. The topological polar surface area (TPSA) is 69.8 Å². The second kappa shape index (κ2) is 7.89. The van der Waals surface area contributed by atoms with Crippen molar-refractivity contribution in [3.8, 4) is 0 Å². The second-order valence-electron chi connectivity index (χ2n) is 5.06. The number of nitrogens with one attached hydrogen (secondary N) is 3. The van der Waals surface area contributed by atoms with Crippen LogP contribution < -0.4 is 10.6 Å². The van der Waals surface area contributed by atoms with E-state index in [-0.39, 0.29) is 6.03 Å². The summed E-state index contributed by atoms with van der Waals surface area (Å²) in [6.45, 7) is 6.48. The number of para-hydroxylation sites is 1. The highest BCUT2D eigenvalue weighted by Crippen LogP contribution is 2.27. The van der Waals surface area contributed by atoms with Gasteiger partial charge >= 0.3 is 6.03 Å². The molecule has 6 heteroatoms. The van der Waals surface area contributed by atoms with Crippen LogP contribution in [0, 0.1) is 13.8 Å². The predicted molar refractivity (Wildman–Crippen MR) is 91.4 cm³/mol. The molecule has 0 unspecified atom stereocenters. The van der Waals surface area contributed by atoms with Gasteiger partial charge in [0.2, 0.25) is 0 Å². The van der Waals surface area contributed by atoms with Gasteiger partial charge in [0.1, 0.15) is 0 Å². The van der Waals surface area contributed by atoms with Crippen LogP contribution in [0.4, 0.5) is 10.5 Å². The Balaban J connectivity index is 1.95. The quantitative estimate of drug-likeness (QED) is 0.709. The van der Waals surface area contributed by atoms with Gasteiger partial charge in [-0.2, -0.15) is 5.10 Å². The third-order valence-electron chi connectivity index (χ3n) is 3.30. The number of urea groups is 1. The van der Waals surface area contributed by atoms with Crippen LogP contribution in [-0.2, 0) is 6.54 Å². The number of H-pyrrole nitrogens is 1. The van der Waals surface area contributed by atoms with Gasteiger partial charge in [0.25, 0.3) is 0 Å². The number of carbonyl (C=O) groups excluding carboxylic acids is 1. The molecule has 0 bridgehead atoms. The van der Waals surface area contributed by atoms with Crippen molar-refractivity contribution in [2.24, 2.45) is 0 Å². The van der Waals surface area contributed by atoms with E-state index in [0.717, 1.165) is 39.7 Å². The van der Waals surface area contributed by atoms with Crippen LogP contribution in [0.2, 0.25) is 0 Å². The van der Waals surface area contributed by atoms with E-state index in [9.17, 15) is 4.79 Å². The lowest BCUT2D eigenvalue weighted by Crippen LogP contribution is -2.28. The molecule has 22 heavy (non-hydrogen) atoms. The number of anilines is 1. The van der Waals surface area contributed by atoms with Crippen LogP contribution in [0.25, 0.3) is 0 Å². The average Bonchev–Trinajstić information content (AvgIpc) is 2.83. The lowest BCUT2D eigenvalue weighted by atomic mass is 10.2. The van der Waals surface area contributed by atoms with Crippen LogP contribution in [0.1, 0.15) is 30.3 Å². The summed E-state index contributed by atoms with van der Waals surface area (Å²) >= 11 is 1.75. The van der Waals surface area contributed by atoms with Crippen LogP contribution in [-0.4, -0.2) is 22.0 Å². The minimum atomic E-state index is -0.204. The van der Waals surface area contributed by atoms with Crippen LogP contribution in [0.5, 0.6) is 0 Å². The molecule has 3 N–H and O–H groups in total. The molecule has 2 rings (SSSR count). The average molecular weight is 318 g/mol. The summed E-state index contributed by atoms with van der Waals surface area (Å²) in [6, 6.07) is 7.66. The molecule has 5 nitrogen and oxygen atoms in total. The molecule has 1 aromatic carbocycles. The van der Waals surface area contributed by atoms with Crippen molar-refractivity contribution in [1.82, 2.24) is 15.5 Å². The van der Waals surface area contributed by atoms with Gasteiger partial charge in [0, 0.05) is 22.7 Å². The first kappa shape index (κ1) is 16.4. The van der Waals surface area contributed by atoms with Gasteiger partial charge in [-0.15, -0.1) is 11.8 Å². The number of aryl methyl sites for hydroxylation is 2. The summed E-state index contributed by atoms with van der Waals surface area (Å²) in [5.74, 6) is 1.04. The van der Waals surface area contributed by atoms with Crippen molar-refractivity contribution in [3.05, 3.63) is 41.2 Å². The van der Waals surface area contributed by atoms with Crippen LogP contribution in [0.15, 0.2) is 29.2 Å². The number of amides is 2. The summed E-state index contributed by atoms with van der Waals surface area (Å²) in [6.07, 6.45) is 1.10. The SMILES string of the molecule is CCCSc1ccccc1NC(=O)NCc1c(C)n[nH]c1C. The Hall–Kier alpha value is -1.95. The van der Waals surface area contributed by atoms with E-state index in [4.69, 9.17) is 0 Å². The Morgan fingerprint density at radius 1 is 1.32 bits per heavy atom. The van der Waals surface area contributed by atoms with Crippen molar-refractivity contribution in [2.45, 2.75) is 38.6 Å². The number of carbonyl (C=O) groups is 1. The zero-order valence-corrected chi connectivity index (χ0v) is 14.0. The number of nitrogens with zero attached hydrogens (tertiary/aromatic N) is 1. The Morgan fingerprint density at radius 3 is 2.77 bits per heavy atom. The molecule has 0 aliphatic heterocycles. The molecule has 0 radical (unpaired) electrons. The van der Waals surface area contributed by atoms with Crippen molar-refractivity contribution in [3.63, 3.8) is 0 Å². The van der Waals surface area contributed by atoms with E-state index in [1.54, 1.807) is 11.8 Å². The number of aromatic amines is 1. The first-order chi connectivity index (χ1) is 10.6. The predicted octanol–water partition coefficient (Wildman–Crippen LogP) is 3.85. The highest BCUT2D eigenvalue weighted by molar-refractivity contribution is 7.99. The second-order valence-corrected chi connectivity index (χ2v) is 6.20. The maximum absolute atomic E-state index is 12.1. The van der Waals surface area contributed by atoms with Gasteiger partial charge in [-0.3, -0.25) is 5.10 Å². The highest BCUT2D eigenvalue weighted by atomic mass is 32.2. The maximum atomic E-state index is 12.1. The molecule has 0 saturated carbocycles. The van der Waals surface area contributed by atoms with E-state index in [2.05, 4.69) is 27.8 Å². The normalized spacial score (nSPS) is 10.5. The summed E-state index contributed by atoms with van der Waals surface area (Å²) < 4.78 is 0. The first-order valence-corrected chi connectivity index (χ1v) is 8.37. The van der Waals surface area contributed by atoms with E-state index in [0.29, 0.717) is 6.54 Å². The molecule has 2 aromatic rings.